The maximum Gasteiger partial charge on any atom is 0.267 e. The van der Waals surface area contributed by atoms with Crippen molar-refractivity contribution in [1.29, 1.82) is 0 Å². The summed E-state index contributed by atoms with van der Waals surface area (Å²) in [6.07, 6.45) is 8.06. The van der Waals surface area contributed by atoms with E-state index in [2.05, 4.69) is 15.3 Å². The number of hydrogen-bond donors (Lipinski definition) is 1. The minimum atomic E-state index is -0.169. The number of anilines is 1. The Labute approximate surface area is 177 Å². The second-order valence-corrected chi connectivity index (χ2v) is 8.79. The molecule has 3 aromatic rings. The average molecular weight is 427 g/mol. The number of thiazole rings is 1. The second-order valence-electron chi connectivity index (χ2n) is 6.99. The highest BCUT2D eigenvalue weighted by Crippen LogP contribution is 2.30. The molecule has 1 saturated heterocycles. The fourth-order valence-corrected chi connectivity index (χ4v) is 4.93. The molecule has 0 aliphatic carbocycles. The van der Waals surface area contributed by atoms with Crippen LogP contribution in [0.25, 0.3) is 0 Å². The lowest BCUT2D eigenvalue weighted by Crippen LogP contribution is -2.36. The normalized spacial score (nSPS) is 17.0. The van der Waals surface area contributed by atoms with Crippen LogP contribution in [0.15, 0.2) is 47.4 Å². The van der Waals surface area contributed by atoms with Gasteiger partial charge in [-0.15, -0.1) is 22.7 Å². The fourth-order valence-electron chi connectivity index (χ4n) is 3.61. The number of pyridine rings is 1. The standard InChI is InChI=1S/C21H22N4O2S2/c26-19(25-11-3-1-2-5-17(25)15-7-9-22-10-8-15)13-16-14-29-21(23-16)24-20(27)18-6-4-12-28-18/h4,6-10,12,14,17H,1-3,5,11,13H2,(H,23,24,27). The van der Waals surface area contributed by atoms with E-state index in [4.69, 9.17) is 0 Å². The molecule has 0 aromatic carbocycles. The average Bonchev–Trinajstić information content (AvgIpc) is 3.36. The zero-order valence-corrected chi connectivity index (χ0v) is 17.5. The van der Waals surface area contributed by atoms with Crippen molar-refractivity contribution in [3.63, 3.8) is 0 Å². The van der Waals surface area contributed by atoms with Crippen LogP contribution in [0.1, 0.15) is 52.7 Å². The summed E-state index contributed by atoms with van der Waals surface area (Å²) >= 11 is 2.73. The van der Waals surface area contributed by atoms with Crippen molar-refractivity contribution < 1.29 is 9.59 Å². The Morgan fingerprint density at radius 2 is 2.00 bits per heavy atom. The highest BCUT2D eigenvalue weighted by atomic mass is 32.1. The molecule has 29 heavy (non-hydrogen) atoms. The summed E-state index contributed by atoms with van der Waals surface area (Å²) in [6, 6.07) is 7.70. The molecule has 3 aromatic heterocycles. The van der Waals surface area contributed by atoms with Crippen LogP contribution < -0.4 is 5.32 Å². The number of hydrogen-bond acceptors (Lipinski definition) is 6. The van der Waals surface area contributed by atoms with Crippen LogP contribution in [-0.2, 0) is 11.2 Å². The number of nitrogens with zero attached hydrogens (tertiary/aromatic N) is 3. The van der Waals surface area contributed by atoms with Crippen LogP contribution in [0.3, 0.4) is 0 Å². The fraction of sp³-hybridized carbons (Fsp3) is 0.333. The third-order valence-corrected chi connectivity index (χ3v) is 6.69. The van der Waals surface area contributed by atoms with Crippen LogP contribution in [0.2, 0.25) is 0 Å². The first kappa shape index (κ1) is 19.7. The summed E-state index contributed by atoms with van der Waals surface area (Å²) < 4.78 is 0. The van der Waals surface area contributed by atoms with E-state index in [1.54, 1.807) is 18.5 Å². The van der Waals surface area contributed by atoms with E-state index >= 15 is 0 Å². The molecule has 4 rings (SSSR count). The number of aromatic nitrogens is 2. The summed E-state index contributed by atoms with van der Waals surface area (Å²) in [5, 5.41) is 7.04. The second kappa shape index (κ2) is 9.28. The SMILES string of the molecule is O=C(Nc1nc(CC(=O)N2CCCCCC2c2ccncc2)cs1)c1cccs1. The van der Waals surface area contributed by atoms with Gasteiger partial charge in [0.2, 0.25) is 5.91 Å². The lowest BCUT2D eigenvalue weighted by molar-refractivity contribution is -0.133. The first-order valence-corrected chi connectivity index (χ1v) is 11.5. The Morgan fingerprint density at radius 1 is 1.14 bits per heavy atom. The first-order valence-electron chi connectivity index (χ1n) is 9.69. The number of rotatable bonds is 5. The molecule has 2 amide bonds. The van der Waals surface area contributed by atoms with Gasteiger partial charge < -0.3 is 4.90 Å². The van der Waals surface area contributed by atoms with Gasteiger partial charge in [-0.3, -0.25) is 19.9 Å². The van der Waals surface area contributed by atoms with Crippen molar-refractivity contribution in [2.75, 3.05) is 11.9 Å². The predicted molar refractivity (Wildman–Crippen MR) is 115 cm³/mol. The summed E-state index contributed by atoms with van der Waals surface area (Å²) in [5.74, 6) is -0.0901. The third kappa shape index (κ3) is 4.89. The van der Waals surface area contributed by atoms with E-state index in [1.807, 2.05) is 33.9 Å². The molecular formula is C21H22N4O2S2. The van der Waals surface area contributed by atoms with Gasteiger partial charge >= 0.3 is 0 Å². The largest absolute Gasteiger partial charge is 0.335 e. The zero-order chi connectivity index (χ0) is 20.1. The molecule has 0 bridgehead atoms. The Bertz CT molecular complexity index is 956. The van der Waals surface area contributed by atoms with Crippen LogP contribution in [0.5, 0.6) is 0 Å². The van der Waals surface area contributed by atoms with Crippen LogP contribution in [0.4, 0.5) is 5.13 Å². The first-order chi connectivity index (χ1) is 14.2. The van der Waals surface area contributed by atoms with E-state index in [0.717, 1.165) is 37.8 Å². The van der Waals surface area contributed by atoms with Crippen molar-refractivity contribution in [3.05, 3.63) is 63.6 Å². The summed E-state index contributed by atoms with van der Waals surface area (Å²) in [7, 11) is 0. The maximum absolute atomic E-state index is 13.1. The number of likely N-dealkylation sites (tertiary alicyclic amines) is 1. The van der Waals surface area contributed by atoms with Gasteiger partial charge in [0.1, 0.15) is 0 Å². The Balaban J connectivity index is 1.43. The van der Waals surface area contributed by atoms with E-state index < -0.39 is 0 Å². The van der Waals surface area contributed by atoms with Gasteiger partial charge in [-0.05, 0) is 42.0 Å². The Kier molecular flexibility index (Phi) is 6.31. The molecule has 1 aliphatic heterocycles. The van der Waals surface area contributed by atoms with E-state index in [9.17, 15) is 9.59 Å². The van der Waals surface area contributed by atoms with Gasteiger partial charge in [0, 0.05) is 24.3 Å². The number of nitrogens with one attached hydrogen (secondary N) is 1. The van der Waals surface area contributed by atoms with Crippen molar-refractivity contribution in [1.82, 2.24) is 14.9 Å². The van der Waals surface area contributed by atoms with Crippen molar-refractivity contribution >= 4 is 39.6 Å². The van der Waals surface area contributed by atoms with E-state index in [0.29, 0.717) is 15.7 Å². The number of carbonyl (C=O) groups excluding carboxylic acids is 2. The van der Waals surface area contributed by atoms with Gasteiger partial charge in [0.25, 0.3) is 5.91 Å². The highest BCUT2D eigenvalue weighted by molar-refractivity contribution is 7.14. The maximum atomic E-state index is 13.1. The Hall–Kier alpha value is -2.58. The Morgan fingerprint density at radius 3 is 2.79 bits per heavy atom. The third-order valence-electron chi connectivity index (χ3n) is 5.01. The minimum absolute atomic E-state index is 0.0788. The van der Waals surface area contributed by atoms with Gasteiger partial charge in [0.05, 0.1) is 23.0 Å². The molecule has 1 atom stereocenters. The summed E-state index contributed by atoms with van der Waals surface area (Å²) in [6.45, 7) is 0.762. The lowest BCUT2D eigenvalue weighted by Gasteiger charge is -2.30. The van der Waals surface area contributed by atoms with Crippen molar-refractivity contribution in [2.45, 2.75) is 38.1 Å². The molecule has 4 heterocycles. The molecule has 1 aliphatic rings. The minimum Gasteiger partial charge on any atom is -0.335 e. The highest BCUT2D eigenvalue weighted by Gasteiger charge is 2.27. The topological polar surface area (TPSA) is 75.2 Å². The molecule has 0 spiro atoms. The number of amides is 2. The summed E-state index contributed by atoms with van der Waals surface area (Å²) in [4.78, 5) is 36.5. The number of thiophene rings is 1. The van der Waals surface area contributed by atoms with Crippen molar-refractivity contribution in [3.8, 4) is 0 Å². The van der Waals surface area contributed by atoms with Crippen LogP contribution in [-0.4, -0.2) is 33.2 Å². The number of carbonyl (C=O) groups is 2. The van der Waals surface area contributed by atoms with Crippen LogP contribution >= 0.6 is 22.7 Å². The molecule has 8 heteroatoms. The van der Waals surface area contributed by atoms with Gasteiger partial charge in [-0.2, -0.15) is 0 Å². The molecule has 1 unspecified atom stereocenters. The van der Waals surface area contributed by atoms with Gasteiger partial charge in [-0.25, -0.2) is 4.98 Å². The molecule has 0 radical (unpaired) electrons. The molecule has 150 valence electrons. The monoisotopic (exact) mass is 426 g/mol. The van der Waals surface area contributed by atoms with Gasteiger partial charge in [-0.1, -0.05) is 18.9 Å². The predicted octanol–water partition coefficient (Wildman–Crippen LogP) is 4.54. The lowest BCUT2D eigenvalue weighted by atomic mass is 10.0. The molecule has 6 nitrogen and oxygen atoms in total. The smallest absolute Gasteiger partial charge is 0.267 e. The van der Waals surface area contributed by atoms with Crippen molar-refractivity contribution in [2.24, 2.45) is 0 Å². The summed E-state index contributed by atoms with van der Waals surface area (Å²) in [5.41, 5.74) is 1.83. The van der Waals surface area contributed by atoms with Crippen LogP contribution in [0, 0.1) is 0 Å². The van der Waals surface area contributed by atoms with Gasteiger partial charge in [0.15, 0.2) is 5.13 Å². The van der Waals surface area contributed by atoms with E-state index in [-0.39, 0.29) is 24.3 Å². The zero-order valence-electron chi connectivity index (χ0n) is 15.9. The van der Waals surface area contributed by atoms with E-state index in [1.165, 1.54) is 22.7 Å². The quantitative estimate of drug-likeness (QED) is 0.650. The molecular weight excluding hydrogens is 404 g/mol. The molecule has 1 N–H and O–H groups in total. The molecule has 1 fully saturated rings. The molecule has 0 saturated carbocycles.